The minimum atomic E-state index is -1.17. The molecule has 7 nitrogen and oxygen atoms in total. The number of benzene rings is 1. The molecular formula is C13H17N3O4. The molecule has 0 atom stereocenters. The van der Waals surface area contributed by atoms with E-state index in [1.54, 1.807) is 0 Å². The highest BCUT2D eigenvalue weighted by molar-refractivity contribution is 5.90. The second-order valence-corrected chi connectivity index (χ2v) is 4.27. The molecule has 0 saturated carbocycles. The van der Waals surface area contributed by atoms with Crippen molar-refractivity contribution < 1.29 is 19.7 Å². The van der Waals surface area contributed by atoms with Gasteiger partial charge >= 0.3 is 5.97 Å². The molecule has 0 bridgehead atoms. The Morgan fingerprint density at radius 2 is 2.35 bits per heavy atom. The Hall–Kier alpha value is -2.44. The predicted octanol–water partition coefficient (Wildman–Crippen LogP) is 0.408. The van der Waals surface area contributed by atoms with Gasteiger partial charge in [-0.25, -0.2) is 4.79 Å². The van der Waals surface area contributed by atoms with E-state index in [4.69, 9.17) is 9.84 Å². The lowest BCUT2D eigenvalue weighted by Gasteiger charge is -2.16. The summed E-state index contributed by atoms with van der Waals surface area (Å²) in [5.74, 6) is -0.282. The number of ether oxygens (including phenoxy) is 1. The number of nitrogens with zero attached hydrogens (tertiary/aromatic N) is 1. The lowest BCUT2D eigenvalue weighted by atomic mass is 10.2. The fourth-order valence-electron chi connectivity index (χ4n) is 1.77. The van der Waals surface area contributed by atoms with Gasteiger partial charge in [-0.2, -0.15) is 0 Å². The number of carboxylic acid groups (broad SMARTS) is 1. The summed E-state index contributed by atoms with van der Waals surface area (Å²) in [6, 6.07) is 4.12. The van der Waals surface area contributed by atoms with E-state index in [1.165, 1.54) is 18.2 Å². The Bertz CT molecular complexity index is 516. The van der Waals surface area contributed by atoms with Gasteiger partial charge in [-0.3, -0.25) is 4.99 Å². The Labute approximate surface area is 116 Å². The summed E-state index contributed by atoms with van der Waals surface area (Å²) in [7, 11) is 0. The molecule has 0 aliphatic carbocycles. The molecule has 0 fully saturated rings. The van der Waals surface area contributed by atoms with Crippen LogP contribution in [0.4, 0.5) is 0 Å². The summed E-state index contributed by atoms with van der Waals surface area (Å²) in [5, 5.41) is 24.5. The Morgan fingerprint density at radius 3 is 3.00 bits per heavy atom. The molecule has 7 heteroatoms. The van der Waals surface area contributed by atoms with Crippen LogP contribution in [0.2, 0.25) is 0 Å². The van der Waals surface area contributed by atoms with Crippen molar-refractivity contribution in [2.24, 2.45) is 4.99 Å². The van der Waals surface area contributed by atoms with Gasteiger partial charge in [0, 0.05) is 19.2 Å². The van der Waals surface area contributed by atoms with Crippen molar-refractivity contribution in [3.05, 3.63) is 23.8 Å². The van der Waals surface area contributed by atoms with E-state index in [2.05, 4.69) is 15.6 Å². The number of phenols is 1. The highest BCUT2D eigenvalue weighted by Crippen LogP contribution is 2.23. The number of aromatic carboxylic acids is 1. The van der Waals surface area contributed by atoms with Crippen molar-refractivity contribution in [2.75, 3.05) is 26.2 Å². The number of rotatable bonds is 5. The number of carboxylic acids is 1. The summed E-state index contributed by atoms with van der Waals surface area (Å²) in [6.07, 6.45) is 1.04. The van der Waals surface area contributed by atoms with Crippen molar-refractivity contribution in [2.45, 2.75) is 6.42 Å². The van der Waals surface area contributed by atoms with Crippen LogP contribution in [-0.4, -0.2) is 48.4 Å². The number of carbonyl (C=O) groups is 1. The van der Waals surface area contributed by atoms with Crippen molar-refractivity contribution in [1.29, 1.82) is 0 Å². The van der Waals surface area contributed by atoms with Crippen LogP contribution >= 0.6 is 0 Å². The molecule has 1 aliphatic rings. The van der Waals surface area contributed by atoms with Crippen LogP contribution in [0.25, 0.3) is 0 Å². The van der Waals surface area contributed by atoms with E-state index in [9.17, 15) is 9.90 Å². The smallest absolute Gasteiger partial charge is 0.339 e. The minimum Gasteiger partial charge on any atom is -0.507 e. The highest BCUT2D eigenvalue weighted by Gasteiger charge is 2.10. The molecule has 0 radical (unpaired) electrons. The molecule has 4 N–H and O–H groups in total. The average molecular weight is 279 g/mol. The molecule has 108 valence electrons. The summed E-state index contributed by atoms with van der Waals surface area (Å²) in [4.78, 5) is 15.0. The molecule has 20 heavy (non-hydrogen) atoms. The number of guanidine groups is 1. The fraction of sp³-hybridized carbons (Fsp3) is 0.385. The van der Waals surface area contributed by atoms with E-state index in [0.29, 0.717) is 18.9 Å². The van der Waals surface area contributed by atoms with Crippen molar-refractivity contribution in [3.63, 3.8) is 0 Å². The Kier molecular flexibility index (Phi) is 4.65. The summed E-state index contributed by atoms with van der Waals surface area (Å²) >= 11 is 0. The largest absolute Gasteiger partial charge is 0.507 e. The zero-order valence-corrected chi connectivity index (χ0v) is 10.9. The third kappa shape index (κ3) is 3.78. The number of aliphatic imine (C=N–C) groups is 1. The van der Waals surface area contributed by atoms with E-state index in [1.807, 2.05) is 0 Å². The third-order valence-corrected chi connectivity index (χ3v) is 2.76. The average Bonchev–Trinajstić information content (AvgIpc) is 2.44. The van der Waals surface area contributed by atoms with Gasteiger partial charge in [0.2, 0.25) is 0 Å². The van der Waals surface area contributed by atoms with Crippen LogP contribution in [0.15, 0.2) is 23.2 Å². The van der Waals surface area contributed by atoms with Crippen LogP contribution in [0.5, 0.6) is 11.5 Å². The van der Waals surface area contributed by atoms with Gasteiger partial charge in [0.1, 0.15) is 23.7 Å². The maximum absolute atomic E-state index is 10.7. The summed E-state index contributed by atoms with van der Waals surface area (Å²) in [5.41, 5.74) is -0.142. The van der Waals surface area contributed by atoms with Gasteiger partial charge in [-0.15, -0.1) is 0 Å². The zero-order valence-electron chi connectivity index (χ0n) is 10.9. The third-order valence-electron chi connectivity index (χ3n) is 2.76. The van der Waals surface area contributed by atoms with Crippen molar-refractivity contribution in [3.8, 4) is 11.5 Å². The maximum Gasteiger partial charge on any atom is 0.339 e. The molecule has 2 rings (SSSR count). The fourth-order valence-corrected chi connectivity index (χ4v) is 1.77. The van der Waals surface area contributed by atoms with E-state index in [0.717, 1.165) is 25.5 Å². The summed E-state index contributed by atoms with van der Waals surface area (Å²) < 4.78 is 5.41. The van der Waals surface area contributed by atoms with Gasteiger partial charge in [-0.1, -0.05) is 0 Å². The molecule has 0 amide bonds. The van der Waals surface area contributed by atoms with Crippen molar-refractivity contribution in [1.82, 2.24) is 10.6 Å². The molecule has 1 aliphatic heterocycles. The quantitative estimate of drug-likeness (QED) is 0.582. The van der Waals surface area contributed by atoms with Crippen LogP contribution in [0, 0.1) is 0 Å². The number of nitrogens with one attached hydrogen (secondary N) is 2. The summed E-state index contributed by atoms with van der Waals surface area (Å²) in [6.45, 7) is 2.68. The van der Waals surface area contributed by atoms with Gasteiger partial charge in [0.15, 0.2) is 5.96 Å². The van der Waals surface area contributed by atoms with Crippen LogP contribution in [0.3, 0.4) is 0 Å². The lowest BCUT2D eigenvalue weighted by molar-refractivity contribution is 0.0693. The SMILES string of the molecule is O=C(O)c1ccc(OCCNC2=NCCCN2)cc1O. The normalized spacial score (nSPS) is 14.1. The highest BCUT2D eigenvalue weighted by atomic mass is 16.5. The van der Waals surface area contributed by atoms with Gasteiger partial charge in [0.25, 0.3) is 0 Å². The van der Waals surface area contributed by atoms with E-state index >= 15 is 0 Å². The minimum absolute atomic E-state index is 0.142. The topological polar surface area (TPSA) is 103 Å². The van der Waals surface area contributed by atoms with Gasteiger partial charge < -0.3 is 25.6 Å². The molecule has 1 heterocycles. The number of aromatic hydroxyl groups is 1. The number of hydrogen-bond donors (Lipinski definition) is 4. The Morgan fingerprint density at radius 1 is 1.50 bits per heavy atom. The standard InChI is InChI=1S/C13H17N3O4/c17-11-8-9(2-3-10(11)12(18)19)20-7-6-16-13-14-4-1-5-15-13/h2-3,8,17H,1,4-7H2,(H,18,19)(H2,14,15,16). The van der Waals surface area contributed by atoms with E-state index < -0.39 is 5.97 Å². The monoisotopic (exact) mass is 279 g/mol. The first-order valence-corrected chi connectivity index (χ1v) is 6.38. The molecule has 0 unspecified atom stereocenters. The first-order chi connectivity index (χ1) is 9.66. The Balaban J connectivity index is 1.78. The molecule has 0 spiro atoms. The van der Waals surface area contributed by atoms with E-state index in [-0.39, 0.29) is 11.3 Å². The first kappa shape index (κ1) is 14.0. The zero-order chi connectivity index (χ0) is 14.4. The van der Waals surface area contributed by atoms with Crippen LogP contribution < -0.4 is 15.4 Å². The lowest BCUT2D eigenvalue weighted by Crippen LogP contribution is -2.42. The number of hydrogen-bond acceptors (Lipinski definition) is 6. The van der Waals surface area contributed by atoms with Crippen LogP contribution in [-0.2, 0) is 0 Å². The molecule has 0 saturated heterocycles. The molecule has 1 aromatic rings. The van der Waals surface area contributed by atoms with Gasteiger partial charge in [-0.05, 0) is 18.6 Å². The maximum atomic E-state index is 10.7. The van der Waals surface area contributed by atoms with Gasteiger partial charge in [0.05, 0.1) is 6.54 Å². The molecule has 1 aromatic carbocycles. The first-order valence-electron chi connectivity index (χ1n) is 6.38. The second kappa shape index (κ2) is 6.65. The van der Waals surface area contributed by atoms with Crippen molar-refractivity contribution >= 4 is 11.9 Å². The molecular weight excluding hydrogens is 262 g/mol. The molecule has 0 aromatic heterocycles. The predicted molar refractivity (Wildman–Crippen MR) is 73.5 cm³/mol. The second-order valence-electron chi connectivity index (χ2n) is 4.27. The van der Waals surface area contributed by atoms with Crippen LogP contribution in [0.1, 0.15) is 16.8 Å².